The maximum atomic E-state index is 12.2. The van der Waals surface area contributed by atoms with Crippen LogP contribution in [0.4, 0.5) is 0 Å². The second kappa shape index (κ2) is 7.60. The molecule has 2 nitrogen and oxygen atoms in total. The van der Waals surface area contributed by atoms with Gasteiger partial charge >= 0.3 is 5.97 Å². The molecule has 0 unspecified atom stereocenters. The first-order valence-corrected chi connectivity index (χ1v) is 8.23. The number of esters is 1. The molecule has 0 atom stereocenters. The van der Waals surface area contributed by atoms with E-state index in [1.807, 2.05) is 30.3 Å². The van der Waals surface area contributed by atoms with Crippen molar-refractivity contribution < 1.29 is 9.53 Å². The summed E-state index contributed by atoms with van der Waals surface area (Å²) in [6.07, 6.45) is 2.25. The van der Waals surface area contributed by atoms with Crippen molar-refractivity contribution in [2.24, 2.45) is 0 Å². The predicted octanol–water partition coefficient (Wildman–Crippen LogP) is 5.53. The average molecular weight is 316 g/mol. The smallest absolute Gasteiger partial charge is 0.343 e. The van der Waals surface area contributed by atoms with Gasteiger partial charge in [-0.05, 0) is 47.4 Å². The number of hydrogen-bond acceptors (Lipinski definition) is 2. The van der Waals surface area contributed by atoms with Gasteiger partial charge in [0.15, 0.2) is 0 Å². The molecule has 120 valence electrons. The van der Waals surface area contributed by atoms with E-state index in [0.717, 1.165) is 24.0 Å². The molecular formula is C22H20O2. The molecule has 3 rings (SSSR count). The second-order valence-corrected chi connectivity index (χ2v) is 5.73. The summed E-state index contributed by atoms with van der Waals surface area (Å²) >= 11 is 0. The first-order valence-electron chi connectivity index (χ1n) is 8.23. The van der Waals surface area contributed by atoms with Crippen molar-refractivity contribution in [3.05, 3.63) is 90.0 Å². The normalized spacial score (nSPS) is 10.4. The van der Waals surface area contributed by atoms with Crippen molar-refractivity contribution in [1.29, 1.82) is 0 Å². The Labute approximate surface area is 142 Å². The van der Waals surface area contributed by atoms with Crippen molar-refractivity contribution in [1.82, 2.24) is 0 Å². The Hall–Kier alpha value is -2.87. The van der Waals surface area contributed by atoms with Gasteiger partial charge in [-0.3, -0.25) is 0 Å². The number of benzene rings is 3. The fraction of sp³-hybridized carbons (Fsp3) is 0.136. The van der Waals surface area contributed by atoms with E-state index in [0.29, 0.717) is 11.3 Å². The van der Waals surface area contributed by atoms with Crippen LogP contribution in [0.5, 0.6) is 5.75 Å². The number of carbonyl (C=O) groups excluding carboxylic acids is 1. The van der Waals surface area contributed by atoms with Crippen LogP contribution in [0.1, 0.15) is 29.3 Å². The lowest BCUT2D eigenvalue weighted by atomic mass is 10.0. The van der Waals surface area contributed by atoms with E-state index in [2.05, 4.69) is 31.2 Å². The molecule has 0 aromatic heterocycles. The van der Waals surface area contributed by atoms with E-state index in [1.165, 1.54) is 5.56 Å². The van der Waals surface area contributed by atoms with Crippen molar-refractivity contribution in [2.75, 3.05) is 0 Å². The lowest BCUT2D eigenvalue weighted by molar-refractivity contribution is 0.0735. The highest BCUT2D eigenvalue weighted by Gasteiger charge is 2.08. The highest BCUT2D eigenvalue weighted by molar-refractivity contribution is 5.91. The number of hydrogen-bond donors (Lipinski definition) is 0. The molecule has 0 fully saturated rings. The molecule has 24 heavy (non-hydrogen) atoms. The van der Waals surface area contributed by atoms with E-state index in [4.69, 9.17) is 4.74 Å². The van der Waals surface area contributed by atoms with E-state index in [1.54, 1.807) is 24.3 Å². The molecule has 0 aliphatic rings. The van der Waals surface area contributed by atoms with Gasteiger partial charge in [-0.2, -0.15) is 0 Å². The summed E-state index contributed by atoms with van der Waals surface area (Å²) in [6, 6.07) is 25.2. The van der Waals surface area contributed by atoms with Crippen LogP contribution in [-0.4, -0.2) is 5.97 Å². The topological polar surface area (TPSA) is 26.3 Å². The zero-order valence-corrected chi connectivity index (χ0v) is 13.7. The van der Waals surface area contributed by atoms with Crippen LogP contribution in [-0.2, 0) is 6.42 Å². The number of carbonyl (C=O) groups is 1. The summed E-state index contributed by atoms with van der Waals surface area (Å²) in [6.45, 7) is 2.18. The number of rotatable bonds is 5. The van der Waals surface area contributed by atoms with E-state index < -0.39 is 0 Å². The summed E-state index contributed by atoms with van der Waals surface area (Å²) in [5, 5.41) is 0. The number of para-hydroxylation sites is 1. The third-order valence-corrected chi connectivity index (χ3v) is 3.90. The molecule has 0 heterocycles. The zero-order chi connectivity index (χ0) is 16.8. The molecular weight excluding hydrogens is 296 g/mol. The van der Waals surface area contributed by atoms with Crippen LogP contribution < -0.4 is 4.74 Å². The largest absolute Gasteiger partial charge is 0.423 e. The predicted molar refractivity (Wildman–Crippen MR) is 97.3 cm³/mol. The van der Waals surface area contributed by atoms with Crippen molar-refractivity contribution >= 4 is 5.97 Å². The van der Waals surface area contributed by atoms with Gasteiger partial charge in [0, 0.05) is 0 Å². The maximum Gasteiger partial charge on any atom is 0.343 e. The fourth-order valence-electron chi connectivity index (χ4n) is 2.61. The van der Waals surface area contributed by atoms with E-state index >= 15 is 0 Å². The zero-order valence-electron chi connectivity index (χ0n) is 13.7. The van der Waals surface area contributed by atoms with E-state index in [-0.39, 0.29) is 5.97 Å². The molecule has 0 N–H and O–H groups in total. The van der Waals surface area contributed by atoms with Crippen LogP contribution >= 0.6 is 0 Å². The van der Waals surface area contributed by atoms with Crippen molar-refractivity contribution in [3.63, 3.8) is 0 Å². The monoisotopic (exact) mass is 316 g/mol. The van der Waals surface area contributed by atoms with Gasteiger partial charge < -0.3 is 4.74 Å². The second-order valence-electron chi connectivity index (χ2n) is 5.73. The van der Waals surface area contributed by atoms with Gasteiger partial charge in [-0.25, -0.2) is 4.79 Å². The first-order chi connectivity index (χ1) is 11.8. The van der Waals surface area contributed by atoms with Gasteiger partial charge in [0.1, 0.15) is 5.75 Å². The van der Waals surface area contributed by atoms with Crippen molar-refractivity contribution in [2.45, 2.75) is 19.8 Å². The molecule has 2 heteroatoms. The molecule has 0 amide bonds. The standard InChI is InChI=1S/C22H20O2/c1-2-6-17-9-11-18(12-10-17)19-13-15-20(16-14-19)22(23)24-21-7-4-3-5-8-21/h3-5,7-16H,2,6H2,1H3. The molecule has 3 aromatic rings. The van der Waals surface area contributed by atoms with Crippen LogP contribution in [0.3, 0.4) is 0 Å². The Balaban J connectivity index is 1.71. The molecule has 0 saturated heterocycles. The molecule has 0 aliphatic carbocycles. The Kier molecular flexibility index (Phi) is 5.07. The van der Waals surface area contributed by atoms with Crippen LogP contribution in [0.25, 0.3) is 11.1 Å². The van der Waals surface area contributed by atoms with Gasteiger partial charge in [-0.15, -0.1) is 0 Å². The lowest BCUT2D eigenvalue weighted by Crippen LogP contribution is -2.08. The summed E-state index contributed by atoms with van der Waals surface area (Å²) in [4.78, 5) is 12.2. The highest BCUT2D eigenvalue weighted by atomic mass is 16.5. The third kappa shape index (κ3) is 3.90. The first kappa shape index (κ1) is 16.0. The number of aryl methyl sites for hydroxylation is 1. The molecule has 0 radical (unpaired) electrons. The Morgan fingerprint density at radius 1 is 0.792 bits per heavy atom. The SMILES string of the molecule is CCCc1ccc(-c2ccc(C(=O)Oc3ccccc3)cc2)cc1. The molecule has 0 aliphatic heterocycles. The fourth-order valence-corrected chi connectivity index (χ4v) is 2.61. The highest BCUT2D eigenvalue weighted by Crippen LogP contribution is 2.21. The summed E-state index contributed by atoms with van der Waals surface area (Å²) < 4.78 is 5.35. The molecule has 3 aromatic carbocycles. The minimum atomic E-state index is -0.342. The summed E-state index contributed by atoms with van der Waals surface area (Å²) in [5.41, 5.74) is 4.14. The van der Waals surface area contributed by atoms with Crippen LogP contribution in [0.15, 0.2) is 78.9 Å². The Morgan fingerprint density at radius 2 is 1.38 bits per heavy atom. The number of ether oxygens (including phenoxy) is 1. The third-order valence-electron chi connectivity index (χ3n) is 3.90. The molecule has 0 saturated carbocycles. The van der Waals surface area contributed by atoms with Gasteiger partial charge in [0.05, 0.1) is 5.56 Å². The summed E-state index contributed by atoms with van der Waals surface area (Å²) in [7, 11) is 0. The maximum absolute atomic E-state index is 12.2. The van der Waals surface area contributed by atoms with Crippen LogP contribution in [0, 0.1) is 0 Å². The minimum absolute atomic E-state index is 0.342. The molecule has 0 bridgehead atoms. The van der Waals surface area contributed by atoms with Gasteiger partial charge in [-0.1, -0.05) is 67.9 Å². The average Bonchev–Trinajstić information content (AvgIpc) is 2.64. The quantitative estimate of drug-likeness (QED) is 0.457. The minimum Gasteiger partial charge on any atom is -0.423 e. The lowest BCUT2D eigenvalue weighted by Gasteiger charge is -2.06. The molecule has 0 spiro atoms. The van der Waals surface area contributed by atoms with Gasteiger partial charge in [0.2, 0.25) is 0 Å². The van der Waals surface area contributed by atoms with Crippen LogP contribution in [0.2, 0.25) is 0 Å². The van der Waals surface area contributed by atoms with E-state index in [9.17, 15) is 4.79 Å². The van der Waals surface area contributed by atoms with Crippen molar-refractivity contribution in [3.8, 4) is 16.9 Å². The Bertz CT molecular complexity index is 788. The van der Waals surface area contributed by atoms with Gasteiger partial charge in [0.25, 0.3) is 0 Å². The Morgan fingerprint density at radius 3 is 1.96 bits per heavy atom. The summed E-state index contributed by atoms with van der Waals surface area (Å²) in [5.74, 6) is 0.212.